The van der Waals surface area contributed by atoms with Crippen molar-refractivity contribution in [3.8, 4) is 5.75 Å². The summed E-state index contributed by atoms with van der Waals surface area (Å²) in [6.07, 6.45) is 2.79. The first kappa shape index (κ1) is 21.3. The number of ketones is 2. The summed E-state index contributed by atoms with van der Waals surface area (Å²) in [4.78, 5) is 47.2. The van der Waals surface area contributed by atoms with E-state index in [1.807, 2.05) is 0 Å². The van der Waals surface area contributed by atoms with Gasteiger partial charge in [-0.3, -0.25) is 14.4 Å². The molecule has 0 aliphatic heterocycles. The number of hydrogen-bond acceptors (Lipinski definition) is 5. The van der Waals surface area contributed by atoms with Crippen LogP contribution in [0.1, 0.15) is 63.2 Å². The zero-order valence-electron chi connectivity index (χ0n) is 16.3. The highest BCUT2D eigenvalue weighted by Gasteiger charge is 2.27. The Labute approximate surface area is 163 Å². The van der Waals surface area contributed by atoms with E-state index in [0.717, 1.165) is 6.42 Å². The van der Waals surface area contributed by atoms with Gasteiger partial charge in [0.05, 0.1) is 5.56 Å². The first-order chi connectivity index (χ1) is 13.2. The molecule has 0 aromatic heterocycles. The normalized spacial score (nSPS) is 14.5. The lowest BCUT2D eigenvalue weighted by Gasteiger charge is -2.18. The number of rotatable bonds is 8. The molecule has 6 nitrogen and oxygen atoms in total. The van der Waals surface area contributed by atoms with Gasteiger partial charge >= 0.3 is 11.9 Å². The minimum atomic E-state index is -1.04. The largest absolute Gasteiger partial charge is 0.478 e. The van der Waals surface area contributed by atoms with E-state index in [9.17, 15) is 19.2 Å². The second-order valence-corrected chi connectivity index (χ2v) is 6.88. The zero-order chi connectivity index (χ0) is 20.8. The van der Waals surface area contributed by atoms with Crippen LogP contribution in [0.5, 0.6) is 5.75 Å². The van der Waals surface area contributed by atoms with Gasteiger partial charge in [0, 0.05) is 28.7 Å². The average Bonchev–Trinajstić information content (AvgIpc) is 2.67. The van der Waals surface area contributed by atoms with E-state index in [0.29, 0.717) is 47.3 Å². The monoisotopic (exact) mass is 384 g/mol. The van der Waals surface area contributed by atoms with Gasteiger partial charge in [-0.25, -0.2) is 4.79 Å². The van der Waals surface area contributed by atoms with Crippen molar-refractivity contribution in [1.29, 1.82) is 0 Å². The van der Waals surface area contributed by atoms with Crippen molar-refractivity contribution in [3.05, 3.63) is 52.1 Å². The molecule has 0 unspecified atom stereocenters. The van der Waals surface area contributed by atoms with E-state index in [1.165, 1.54) is 24.3 Å². The second-order valence-electron chi connectivity index (χ2n) is 6.88. The number of aromatic carboxylic acids is 1. The summed E-state index contributed by atoms with van der Waals surface area (Å²) in [5.74, 6) is -1.25. The lowest BCUT2D eigenvalue weighted by Crippen LogP contribution is -2.20. The predicted octanol–water partition coefficient (Wildman–Crippen LogP) is 4.05. The molecule has 148 valence electrons. The molecule has 1 aromatic rings. The number of esters is 1. The Hall–Kier alpha value is -3.02. The summed E-state index contributed by atoms with van der Waals surface area (Å²) in [7, 11) is 0. The summed E-state index contributed by atoms with van der Waals surface area (Å²) >= 11 is 0. The first-order valence-electron chi connectivity index (χ1n) is 9.23. The maximum absolute atomic E-state index is 12.4. The number of carbonyl (C=O) groups excluding carboxylic acids is 3. The van der Waals surface area contributed by atoms with Crippen molar-refractivity contribution < 1.29 is 29.0 Å². The highest BCUT2D eigenvalue weighted by molar-refractivity contribution is 6.24. The van der Waals surface area contributed by atoms with Crippen molar-refractivity contribution in [2.75, 3.05) is 0 Å². The number of allylic oxidation sites excluding steroid dienone is 4. The standard InChI is InChI=1S/C22H24O6/c1-13-14(2)21(25)18(15(3)20(13)24)7-5-4-6-8-19(23)28-17-11-9-16(10-12-17)22(26)27/h9-12H,4-8H2,1-3H3,(H,26,27). The predicted molar refractivity (Wildman–Crippen MR) is 103 cm³/mol. The van der Waals surface area contributed by atoms with Gasteiger partial charge < -0.3 is 9.84 Å². The van der Waals surface area contributed by atoms with Crippen LogP contribution in [0, 0.1) is 0 Å². The lowest BCUT2D eigenvalue weighted by molar-refractivity contribution is -0.134. The number of ether oxygens (including phenoxy) is 1. The minimum absolute atomic E-state index is 0.0567. The van der Waals surface area contributed by atoms with E-state index >= 15 is 0 Å². The van der Waals surface area contributed by atoms with Crippen molar-refractivity contribution in [2.45, 2.75) is 52.9 Å². The highest BCUT2D eigenvalue weighted by atomic mass is 16.5. The third-order valence-corrected chi connectivity index (χ3v) is 4.95. The van der Waals surface area contributed by atoms with Gasteiger partial charge in [-0.15, -0.1) is 0 Å². The molecule has 2 rings (SSSR count). The topological polar surface area (TPSA) is 97.7 Å². The smallest absolute Gasteiger partial charge is 0.335 e. The van der Waals surface area contributed by atoms with Crippen LogP contribution in [0.25, 0.3) is 0 Å². The van der Waals surface area contributed by atoms with E-state index in [2.05, 4.69) is 0 Å². The molecule has 1 aliphatic carbocycles. The Morgan fingerprint density at radius 3 is 2.07 bits per heavy atom. The second kappa shape index (κ2) is 9.26. The fourth-order valence-electron chi connectivity index (χ4n) is 3.05. The van der Waals surface area contributed by atoms with Crippen LogP contribution in [0.2, 0.25) is 0 Å². The van der Waals surface area contributed by atoms with Crippen LogP contribution in [-0.2, 0) is 14.4 Å². The van der Waals surface area contributed by atoms with Crippen molar-refractivity contribution in [2.24, 2.45) is 0 Å². The van der Waals surface area contributed by atoms with E-state index in [1.54, 1.807) is 20.8 Å². The molecule has 6 heteroatoms. The molecule has 0 amide bonds. The van der Waals surface area contributed by atoms with E-state index < -0.39 is 11.9 Å². The Balaban J connectivity index is 1.75. The quantitative estimate of drug-likeness (QED) is 0.314. The molecule has 0 saturated carbocycles. The Kier molecular flexibility index (Phi) is 7.04. The number of carbonyl (C=O) groups is 4. The van der Waals surface area contributed by atoms with E-state index in [-0.39, 0.29) is 23.6 Å². The summed E-state index contributed by atoms with van der Waals surface area (Å²) < 4.78 is 5.17. The number of carboxylic acid groups (broad SMARTS) is 1. The minimum Gasteiger partial charge on any atom is -0.478 e. The lowest BCUT2D eigenvalue weighted by atomic mass is 9.84. The summed E-state index contributed by atoms with van der Waals surface area (Å²) in [5.41, 5.74) is 2.26. The molecule has 28 heavy (non-hydrogen) atoms. The number of Topliss-reactive ketones (excluding diaryl/α,β-unsaturated/α-hetero) is 2. The van der Waals surface area contributed by atoms with Gasteiger partial charge in [0.25, 0.3) is 0 Å². The summed E-state index contributed by atoms with van der Waals surface area (Å²) in [6.45, 7) is 5.05. The maximum atomic E-state index is 12.4. The fourth-order valence-corrected chi connectivity index (χ4v) is 3.05. The molecule has 0 radical (unpaired) electrons. The van der Waals surface area contributed by atoms with Crippen LogP contribution in [0.15, 0.2) is 46.6 Å². The molecule has 0 bridgehead atoms. The fraction of sp³-hybridized carbons (Fsp3) is 0.364. The number of carboxylic acids is 1. The van der Waals surface area contributed by atoms with Gasteiger partial charge in [0.2, 0.25) is 0 Å². The molecule has 1 aliphatic rings. The summed E-state index contributed by atoms with van der Waals surface area (Å²) in [5, 5.41) is 8.84. The molecule has 1 aromatic carbocycles. The zero-order valence-corrected chi connectivity index (χ0v) is 16.3. The Morgan fingerprint density at radius 1 is 0.857 bits per heavy atom. The van der Waals surface area contributed by atoms with Crippen LogP contribution >= 0.6 is 0 Å². The third-order valence-electron chi connectivity index (χ3n) is 4.95. The average molecular weight is 384 g/mol. The molecular weight excluding hydrogens is 360 g/mol. The van der Waals surface area contributed by atoms with Gasteiger partial charge in [0.15, 0.2) is 11.6 Å². The highest BCUT2D eigenvalue weighted by Crippen LogP contribution is 2.27. The van der Waals surface area contributed by atoms with Crippen LogP contribution in [0.3, 0.4) is 0 Å². The third kappa shape index (κ3) is 5.03. The van der Waals surface area contributed by atoms with Crippen molar-refractivity contribution in [3.63, 3.8) is 0 Å². The molecule has 0 fully saturated rings. The van der Waals surface area contributed by atoms with Gasteiger partial charge in [-0.2, -0.15) is 0 Å². The molecule has 0 heterocycles. The number of unbranched alkanes of at least 4 members (excludes halogenated alkanes) is 2. The Morgan fingerprint density at radius 2 is 1.46 bits per heavy atom. The molecular formula is C22H24O6. The SMILES string of the molecule is CC1=C(C)C(=O)C(CCCCCC(=O)Oc2ccc(C(=O)O)cc2)=C(C)C1=O. The first-order valence-corrected chi connectivity index (χ1v) is 9.23. The molecule has 0 spiro atoms. The Bertz CT molecular complexity index is 871. The van der Waals surface area contributed by atoms with Crippen molar-refractivity contribution >= 4 is 23.5 Å². The van der Waals surface area contributed by atoms with Crippen LogP contribution in [-0.4, -0.2) is 28.6 Å². The van der Waals surface area contributed by atoms with Gasteiger partial charge in [-0.05, 0) is 64.3 Å². The van der Waals surface area contributed by atoms with Gasteiger partial charge in [-0.1, -0.05) is 6.42 Å². The molecule has 1 N–H and O–H groups in total. The number of hydrogen-bond donors (Lipinski definition) is 1. The molecule has 0 atom stereocenters. The summed E-state index contributed by atoms with van der Waals surface area (Å²) in [6, 6.07) is 5.64. The van der Waals surface area contributed by atoms with E-state index in [4.69, 9.17) is 9.84 Å². The van der Waals surface area contributed by atoms with Crippen molar-refractivity contribution in [1.82, 2.24) is 0 Å². The van der Waals surface area contributed by atoms with Crippen LogP contribution in [0.4, 0.5) is 0 Å². The maximum Gasteiger partial charge on any atom is 0.335 e. The number of benzene rings is 1. The van der Waals surface area contributed by atoms with Crippen LogP contribution < -0.4 is 4.74 Å². The van der Waals surface area contributed by atoms with Gasteiger partial charge in [0.1, 0.15) is 5.75 Å². The molecule has 0 saturated heterocycles.